The molecule has 4 heterocycles. The van der Waals surface area contributed by atoms with E-state index >= 15 is 0 Å². The number of hydrogen-bond acceptors (Lipinski definition) is 4. The summed E-state index contributed by atoms with van der Waals surface area (Å²) in [6.45, 7) is 0.0804. The van der Waals surface area contributed by atoms with Crippen molar-refractivity contribution in [1.82, 2.24) is 0 Å². The van der Waals surface area contributed by atoms with Crippen LogP contribution in [0, 0.1) is 0 Å². The molecule has 0 unspecified atom stereocenters. The summed E-state index contributed by atoms with van der Waals surface area (Å²) in [5.41, 5.74) is 19.2. The van der Waals surface area contributed by atoms with Crippen LogP contribution in [-0.4, -0.2) is 6.71 Å². The molecule has 59 heavy (non-hydrogen) atoms. The molecule has 0 saturated heterocycles. The third-order valence-electron chi connectivity index (χ3n) is 12.5. The van der Waals surface area contributed by atoms with E-state index in [-0.39, 0.29) is 6.71 Å². The number of furan rings is 2. The van der Waals surface area contributed by atoms with Gasteiger partial charge in [-0.15, -0.1) is 0 Å². The van der Waals surface area contributed by atoms with Gasteiger partial charge in [-0.2, -0.15) is 0 Å². The fourth-order valence-electron chi connectivity index (χ4n) is 9.83. The van der Waals surface area contributed by atoms with Gasteiger partial charge in [0.15, 0.2) is 0 Å². The standard InChI is InChI=1S/C54H33BN2O2/c1-7-21-50-40(13-1)42-32-36(25-29-52(42)58-50)34-23-27-38(28-24-34)56-46-17-5-3-15-44(46)55-45-16-4-6-18-47(45)57(49-20-10-19-48(56)54(49)55)39-12-9-11-35(31-39)37-26-30-53-43(33-37)41-14-2-8-22-51(41)59-53/h1-33H. The average Bonchev–Trinajstić information content (AvgIpc) is 3.87. The van der Waals surface area contributed by atoms with Crippen molar-refractivity contribution in [2.75, 3.05) is 9.80 Å². The summed E-state index contributed by atoms with van der Waals surface area (Å²) < 4.78 is 12.3. The number of anilines is 6. The molecule has 0 atom stereocenters. The Morgan fingerprint density at radius 1 is 0.305 bits per heavy atom. The molecule has 0 spiro atoms. The minimum absolute atomic E-state index is 0.0804. The third-order valence-corrected chi connectivity index (χ3v) is 12.5. The molecule has 2 aliphatic rings. The maximum Gasteiger partial charge on any atom is 0.252 e. The van der Waals surface area contributed by atoms with Crippen LogP contribution in [0.15, 0.2) is 209 Å². The predicted molar refractivity (Wildman–Crippen MR) is 246 cm³/mol. The van der Waals surface area contributed by atoms with Crippen LogP contribution in [0.3, 0.4) is 0 Å². The smallest absolute Gasteiger partial charge is 0.252 e. The van der Waals surface area contributed by atoms with E-state index in [2.05, 4.69) is 186 Å². The molecule has 4 nitrogen and oxygen atoms in total. The minimum Gasteiger partial charge on any atom is -0.456 e. The number of hydrogen-bond donors (Lipinski definition) is 0. The van der Waals surface area contributed by atoms with Crippen LogP contribution >= 0.6 is 0 Å². The van der Waals surface area contributed by atoms with Gasteiger partial charge in [0.2, 0.25) is 0 Å². The summed E-state index contributed by atoms with van der Waals surface area (Å²) in [7, 11) is 0. The summed E-state index contributed by atoms with van der Waals surface area (Å²) in [6.07, 6.45) is 0. The van der Waals surface area contributed by atoms with E-state index < -0.39 is 0 Å². The van der Waals surface area contributed by atoms with Crippen LogP contribution in [0.4, 0.5) is 34.1 Å². The summed E-state index contributed by atoms with van der Waals surface area (Å²) in [5.74, 6) is 0. The molecule has 0 aliphatic carbocycles. The molecule has 2 aliphatic heterocycles. The van der Waals surface area contributed by atoms with E-state index in [4.69, 9.17) is 8.83 Å². The number of rotatable bonds is 4. The van der Waals surface area contributed by atoms with Gasteiger partial charge in [0.25, 0.3) is 6.71 Å². The molecule has 0 amide bonds. The van der Waals surface area contributed by atoms with E-state index in [1.807, 2.05) is 24.3 Å². The monoisotopic (exact) mass is 752 g/mol. The van der Waals surface area contributed by atoms with Gasteiger partial charge < -0.3 is 18.6 Å². The second kappa shape index (κ2) is 12.4. The largest absolute Gasteiger partial charge is 0.456 e. The molecule has 2 aromatic heterocycles. The van der Waals surface area contributed by atoms with E-state index in [1.54, 1.807) is 0 Å². The quantitative estimate of drug-likeness (QED) is 0.168. The lowest BCUT2D eigenvalue weighted by Gasteiger charge is -2.44. The third kappa shape index (κ3) is 4.79. The molecule has 0 saturated carbocycles. The van der Waals surface area contributed by atoms with E-state index in [1.165, 1.54) is 50.3 Å². The maximum absolute atomic E-state index is 6.18. The van der Waals surface area contributed by atoms with Gasteiger partial charge in [0, 0.05) is 55.7 Å². The van der Waals surface area contributed by atoms with Crippen LogP contribution < -0.4 is 26.2 Å². The second-order valence-corrected chi connectivity index (χ2v) is 15.6. The molecule has 0 N–H and O–H groups in total. The van der Waals surface area contributed by atoms with Gasteiger partial charge in [0.1, 0.15) is 22.3 Å². The topological polar surface area (TPSA) is 32.8 Å². The van der Waals surface area contributed by atoms with Gasteiger partial charge in [-0.05, 0) is 124 Å². The van der Waals surface area contributed by atoms with Crippen LogP contribution in [-0.2, 0) is 0 Å². The highest BCUT2D eigenvalue weighted by Gasteiger charge is 2.42. The van der Waals surface area contributed by atoms with Crippen LogP contribution in [0.25, 0.3) is 66.1 Å². The molecule has 0 radical (unpaired) electrons. The lowest BCUT2D eigenvalue weighted by molar-refractivity contribution is 0.668. The van der Waals surface area contributed by atoms with Crippen molar-refractivity contribution in [3.8, 4) is 22.3 Å². The highest BCUT2D eigenvalue weighted by molar-refractivity contribution is 7.00. The molecule has 5 heteroatoms. The van der Waals surface area contributed by atoms with Crippen molar-refractivity contribution in [2.45, 2.75) is 0 Å². The van der Waals surface area contributed by atoms with Gasteiger partial charge in [-0.3, -0.25) is 0 Å². The predicted octanol–water partition coefficient (Wildman–Crippen LogP) is 12.9. The normalized spacial score (nSPS) is 13.0. The Labute approximate surface area is 340 Å². The SMILES string of the molecule is c1cc(-c2ccc3oc4ccccc4c3c2)cc(N2c3ccccc3B3c4ccccc4N(c4ccc(-c5ccc6oc7ccccc7c6c5)cc4)c4cccc2c43)c1. The molecule has 274 valence electrons. The molecule has 0 bridgehead atoms. The van der Waals surface area contributed by atoms with Gasteiger partial charge in [-0.1, -0.05) is 115 Å². The van der Waals surface area contributed by atoms with Crippen molar-refractivity contribution in [1.29, 1.82) is 0 Å². The lowest BCUT2D eigenvalue weighted by Crippen LogP contribution is -2.61. The Morgan fingerprint density at radius 3 is 1.39 bits per heavy atom. The van der Waals surface area contributed by atoms with Crippen LogP contribution in [0.1, 0.15) is 0 Å². The molecule has 11 aromatic rings. The number of para-hydroxylation sites is 4. The Kier molecular flexibility index (Phi) is 6.78. The van der Waals surface area contributed by atoms with Crippen molar-refractivity contribution in [2.24, 2.45) is 0 Å². The van der Waals surface area contributed by atoms with Crippen molar-refractivity contribution in [3.05, 3.63) is 200 Å². The van der Waals surface area contributed by atoms with Gasteiger partial charge in [0.05, 0.1) is 0 Å². The van der Waals surface area contributed by atoms with Crippen molar-refractivity contribution in [3.63, 3.8) is 0 Å². The molecule has 13 rings (SSSR count). The second-order valence-electron chi connectivity index (χ2n) is 15.6. The Hall–Kier alpha value is -7.76. The van der Waals surface area contributed by atoms with Gasteiger partial charge >= 0.3 is 0 Å². The molecule has 0 fully saturated rings. The Balaban J connectivity index is 0.942. The van der Waals surface area contributed by atoms with E-state index in [0.717, 1.165) is 66.4 Å². The number of nitrogens with zero attached hydrogens (tertiary/aromatic N) is 2. The van der Waals surface area contributed by atoms with Gasteiger partial charge in [-0.25, -0.2) is 0 Å². The number of fused-ring (bicyclic) bond motifs is 10. The van der Waals surface area contributed by atoms with E-state index in [9.17, 15) is 0 Å². The molecule has 9 aromatic carbocycles. The first-order valence-corrected chi connectivity index (χ1v) is 20.2. The first kappa shape index (κ1) is 32.3. The minimum atomic E-state index is 0.0804. The zero-order valence-corrected chi connectivity index (χ0v) is 31.8. The highest BCUT2D eigenvalue weighted by Crippen LogP contribution is 2.45. The summed E-state index contributed by atoms with van der Waals surface area (Å²) in [5, 5.41) is 4.54. The summed E-state index contributed by atoms with van der Waals surface area (Å²) in [6, 6.07) is 72.3. The molecular formula is C54H33BN2O2. The first-order valence-electron chi connectivity index (χ1n) is 20.2. The van der Waals surface area contributed by atoms with Crippen molar-refractivity contribution >= 4 is 101 Å². The fourth-order valence-corrected chi connectivity index (χ4v) is 9.83. The fraction of sp³-hybridized carbons (Fsp3) is 0. The lowest BCUT2D eigenvalue weighted by atomic mass is 9.33. The summed E-state index contributed by atoms with van der Waals surface area (Å²) >= 11 is 0. The zero-order chi connectivity index (χ0) is 38.6. The first-order chi connectivity index (χ1) is 29.2. The Bertz CT molecular complexity index is 3490. The van der Waals surface area contributed by atoms with Crippen LogP contribution in [0.2, 0.25) is 0 Å². The average molecular weight is 753 g/mol. The zero-order valence-electron chi connectivity index (χ0n) is 31.8. The van der Waals surface area contributed by atoms with Crippen LogP contribution in [0.5, 0.6) is 0 Å². The maximum atomic E-state index is 6.18. The molecular weight excluding hydrogens is 719 g/mol. The van der Waals surface area contributed by atoms with Crippen molar-refractivity contribution < 1.29 is 8.83 Å². The summed E-state index contributed by atoms with van der Waals surface area (Å²) in [4.78, 5) is 4.92. The Morgan fingerprint density at radius 2 is 0.763 bits per heavy atom. The number of benzene rings is 9. The van der Waals surface area contributed by atoms with E-state index in [0.29, 0.717) is 0 Å². The highest BCUT2D eigenvalue weighted by atomic mass is 16.3.